The van der Waals surface area contributed by atoms with Gasteiger partial charge in [-0.1, -0.05) is 25.1 Å². The number of aromatic nitrogens is 1. The van der Waals surface area contributed by atoms with Crippen LogP contribution in [0.25, 0.3) is 11.1 Å². The van der Waals surface area contributed by atoms with Gasteiger partial charge in [0.15, 0.2) is 16.6 Å². The van der Waals surface area contributed by atoms with E-state index in [9.17, 15) is 0 Å². The molecule has 2 N–H and O–H groups in total. The first-order valence-corrected chi connectivity index (χ1v) is 7.59. The first kappa shape index (κ1) is 14.5. The zero-order chi connectivity index (χ0) is 15.5. The van der Waals surface area contributed by atoms with E-state index >= 15 is 0 Å². The number of nitrogens with one attached hydrogen (secondary N) is 2. The van der Waals surface area contributed by atoms with Gasteiger partial charge in [-0.2, -0.15) is 0 Å². The highest BCUT2D eigenvalue weighted by atomic mass is 32.1. The molecule has 0 amide bonds. The highest BCUT2D eigenvalue weighted by Gasteiger charge is 2.06. The molecule has 4 nitrogen and oxygen atoms in total. The van der Waals surface area contributed by atoms with E-state index in [-0.39, 0.29) is 0 Å². The van der Waals surface area contributed by atoms with E-state index in [1.807, 2.05) is 43.3 Å². The fourth-order valence-electron chi connectivity index (χ4n) is 2.36. The third kappa shape index (κ3) is 3.09. The number of rotatable bonds is 3. The average molecular weight is 311 g/mol. The number of oxazole rings is 1. The Kier molecular flexibility index (Phi) is 4.06. The van der Waals surface area contributed by atoms with Gasteiger partial charge < -0.3 is 15.1 Å². The lowest BCUT2D eigenvalue weighted by molar-refractivity contribution is 0.561. The Labute approximate surface area is 134 Å². The second kappa shape index (κ2) is 6.15. The summed E-state index contributed by atoms with van der Waals surface area (Å²) in [6.45, 7) is 3.96. The first-order valence-electron chi connectivity index (χ1n) is 7.19. The van der Waals surface area contributed by atoms with Gasteiger partial charge in [-0.15, -0.1) is 0 Å². The van der Waals surface area contributed by atoms with E-state index in [1.165, 1.54) is 5.56 Å². The summed E-state index contributed by atoms with van der Waals surface area (Å²) in [6.07, 6.45) is 0.954. The molecule has 5 heteroatoms. The second-order valence-corrected chi connectivity index (χ2v) is 5.41. The van der Waals surface area contributed by atoms with E-state index in [0.29, 0.717) is 11.0 Å². The Morgan fingerprint density at radius 3 is 2.82 bits per heavy atom. The Bertz CT molecular complexity index is 826. The van der Waals surface area contributed by atoms with Gasteiger partial charge in [-0.05, 0) is 48.5 Å². The van der Waals surface area contributed by atoms with Crippen molar-refractivity contribution >= 4 is 39.8 Å². The molecule has 3 rings (SSSR count). The van der Waals surface area contributed by atoms with Crippen LogP contribution in [-0.2, 0) is 6.42 Å². The number of fused-ring (bicyclic) bond motifs is 1. The second-order valence-electron chi connectivity index (χ2n) is 5.01. The molecule has 0 aliphatic rings. The molecule has 22 heavy (non-hydrogen) atoms. The quantitative estimate of drug-likeness (QED) is 0.697. The number of para-hydroxylation sites is 1. The van der Waals surface area contributed by atoms with Crippen LogP contribution in [0.1, 0.15) is 18.4 Å². The van der Waals surface area contributed by atoms with Gasteiger partial charge in [0, 0.05) is 18.3 Å². The Balaban J connectivity index is 1.75. The molecule has 0 fully saturated rings. The van der Waals surface area contributed by atoms with Crippen LogP contribution in [0.5, 0.6) is 0 Å². The molecule has 1 aromatic heterocycles. The Morgan fingerprint density at radius 2 is 2.00 bits per heavy atom. The lowest BCUT2D eigenvalue weighted by atomic mass is 10.1. The Hall–Kier alpha value is -2.40. The monoisotopic (exact) mass is 311 g/mol. The summed E-state index contributed by atoms with van der Waals surface area (Å²) in [7, 11) is 0. The predicted molar refractivity (Wildman–Crippen MR) is 94.4 cm³/mol. The van der Waals surface area contributed by atoms with Crippen molar-refractivity contribution in [2.45, 2.75) is 20.3 Å². The number of benzene rings is 2. The molecule has 0 aliphatic carbocycles. The maximum atomic E-state index is 5.47. The molecule has 0 bridgehead atoms. The van der Waals surface area contributed by atoms with Crippen LogP contribution in [0.3, 0.4) is 0 Å². The predicted octanol–water partition coefficient (Wildman–Crippen LogP) is 4.51. The molecular weight excluding hydrogens is 294 g/mol. The van der Waals surface area contributed by atoms with Gasteiger partial charge in [0.05, 0.1) is 0 Å². The van der Waals surface area contributed by atoms with Gasteiger partial charge in [-0.3, -0.25) is 0 Å². The molecular formula is C17H17N3OS. The van der Waals surface area contributed by atoms with Gasteiger partial charge in [0.2, 0.25) is 0 Å². The van der Waals surface area contributed by atoms with Crippen molar-refractivity contribution in [3.8, 4) is 0 Å². The standard InChI is InChI=1S/C17H17N3OS/c1-3-12-6-4-5-7-14(12)20-17(22)19-13-8-9-16-15(10-13)18-11(2)21-16/h4-10H,3H2,1-2H3,(H2,19,20,22). The molecule has 1 heterocycles. The van der Waals surface area contributed by atoms with Crippen LogP contribution in [-0.4, -0.2) is 10.1 Å². The topological polar surface area (TPSA) is 50.1 Å². The van der Waals surface area contributed by atoms with Gasteiger partial charge >= 0.3 is 0 Å². The van der Waals surface area contributed by atoms with Crippen LogP contribution in [0.15, 0.2) is 46.9 Å². The average Bonchev–Trinajstić information content (AvgIpc) is 2.87. The lowest BCUT2D eigenvalue weighted by Crippen LogP contribution is -2.19. The van der Waals surface area contributed by atoms with Crippen molar-refractivity contribution < 1.29 is 4.42 Å². The molecule has 112 valence electrons. The summed E-state index contributed by atoms with van der Waals surface area (Å²) in [5.41, 5.74) is 4.74. The zero-order valence-corrected chi connectivity index (χ0v) is 13.3. The number of aryl methyl sites for hydroxylation is 2. The SMILES string of the molecule is CCc1ccccc1NC(=S)Nc1ccc2oc(C)nc2c1. The molecule has 0 saturated heterocycles. The third-order valence-electron chi connectivity index (χ3n) is 3.40. The lowest BCUT2D eigenvalue weighted by Gasteiger charge is -2.13. The fraction of sp³-hybridized carbons (Fsp3) is 0.176. The number of hydrogen-bond acceptors (Lipinski definition) is 3. The maximum absolute atomic E-state index is 5.47. The molecule has 0 saturated carbocycles. The minimum atomic E-state index is 0.556. The third-order valence-corrected chi connectivity index (χ3v) is 3.60. The van der Waals surface area contributed by atoms with Crippen LogP contribution in [0.2, 0.25) is 0 Å². The highest BCUT2D eigenvalue weighted by molar-refractivity contribution is 7.80. The van der Waals surface area contributed by atoms with E-state index in [4.69, 9.17) is 16.6 Å². The maximum Gasteiger partial charge on any atom is 0.192 e. The van der Waals surface area contributed by atoms with Crippen LogP contribution >= 0.6 is 12.2 Å². The number of nitrogens with zero attached hydrogens (tertiary/aromatic N) is 1. The van der Waals surface area contributed by atoms with Crippen molar-refractivity contribution in [2.24, 2.45) is 0 Å². The van der Waals surface area contributed by atoms with E-state index in [0.717, 1.165) is 28.9 Å². The smallest absolute Gasteiger partial charge is 0.192 e. The summed E-state index contributed by atoms with van der Waals surface area (Å²) in [5, 5.41) is 6.98. The molecule has 0 unspecified atom stereocenters. The molecule has 0 atom stereocenters. The van der Waals surface area contributed by atoms with E-state index in [1.54, 1.807) is 0 Å². The largest absolute Gasteiger partial charge is 0.441 e. The molecule has 3 aromatic rings. The summed E-state index contributed by atoms with van der Waals surface area (Å²) in [4.78, 5) is 4.32. The molecule has 0 radical (unpaired) electrons. The normalized spacial score (nSPS) is 10.6. The van der Waals surface area contributed by atoms with Crippen molar-refractivity contribution in [3.63, 3.8) is 0 Å². The number of anilines is 2. The van der Waals surface area contributed by atoms with Crippen LogP contribution in [0.4, 0.5) is 11.4 Å². The summed E-state index contributed by atoms with van der Waals surface area (Å²) in [5.74, 6) is 0.657. The number of hydrogen-bond donors (Lipinski definition) is 2. The van der Waals surface area contributed by atoms with Gasteiger partial charge in [-0.25, -0.2) is 4.98 Å². The van der Waals surface area contributed by atoms with Crippen molar-refractivity contribution in [3.05, 3.63) is 53.9 Å². The minimum absolute atomic E-state index is 0.556. The highest BCUT2D eigenvalue weighted by Crippen LogP contribution is 2.20. The molecule has 0 aliphatic heterocycles. The minimum Gasteiger partial charge on any atom is -0.441 e. The van der Waals surface area contributed by atoms with Gasteiger partial charge in [0.25, 0.3) is 0 Å². The number of thiocarbonyl (C=S) groups is 1. The zero-order valence-electron chi connectivity index (χ0n) is 12.5. The molecule has 0 spiro atoms. The fourth-order valence-corrected chi connectivity index (χ4v) is 2.58. The molecule has 2 aromatic carbocycles. The Morgan fingerprint density at radius 1 is 1.18 bits per heavy atom. The summed E-state index contributed by atoms with van der Waals surface area (Å²) in [6, 6.07) is 13.9. The van der Waals surface area contributed by atoms with Crippen LogP contribution < -0.4 is 10.6 Å². The van der Waals surface area contributed by atoms with E-state index < -0.39 is 0 Å². The summed E-state index contributed by atoms with van der Waals surface area (Å²) >= 11 is 5.39. The van der Waals surface area contributed by atoms with Crippen molar-refractivity contribution in [2.75, 3.05) is 10.6 Å². The van der Waals surface area contributed by atoms with Crippen LogP contribution in [0, 0.1) is 6.92 Å². The first-order chi connectivity index (χ1) is 10.7. The summed E-state index contributed by atoms with van der Waals surface area (Å²) < 4.78 is 5.47. The van der Waals surface area contributed by atoms with E-state index in [2.05, 4.69) is 28.6 Å². The van der Waals surface area contributed by atoms with Crippen molar-refractivity contribution in [1.82, 2.24) is 4.98 Å². The van der Waals surface area contributed by atoms with Crippen molar-refractivity contribution in [1.29, 1.82) is 0 Å². The van der Waals surface area contributed by atoms with Gasteiger partial charge in [0.1, 0.15) is 5.52 Å².